The van der Waals surface area contributed by atoms with Crippen LogP contribution in [0.2, 0.25) is 0 Å². The average molecular weight is 285 g/mol. The SMILES string of the molecule is c1ccc(N2CCN(Cc3nnc(C4CC4)o3)CC2)nc1. The van der Waals surface area contributed by atoms with Crippen molar-refractivity contribution >= 4 is 5.82 Å². The minimum Gasteiger partial charge on any atom is -0.424 e. The van der Waals surface area contributed by atoms with E-state index in [2.05, 4.69) is 31.0 Å². The van der Waals surface area contributed by atoms with Crippen LogP contribution in [0.15, 0.2) is 28.8 Å². The highest BCUT2D eigenvalue weighted by Crippen LogP contribution is 2.39. The van der Waals surface area contributed by atoms with Gasteiger partial charge in [0.05, 0.1) is 6.54 Å². The van der Waals surface area contributed by atoms with Crippen LogP contribution >= 0.6 is 0 Å². The van der Waals surface area contributed by atoms with Crippen LogP contribution in [0.25, 0.3) is 0 Å². The van der Waals surface area contributed by atoms with Gasteiger partial charge in [0.25, 0.3) is 0 Å². The Morgan fingerprint density at radius 3 is 2.67 bits per heavy atom. The summed E-state index contributed by atoms with van der Waals surface area (Å²) in [4.78, 5) is 9.09. The fourth-order valence-electron chi connectivity index (χ4n) is 2.69. The first kappa shape index (κ1) is 12.8. The molecular formula is C15H19N5O. The molecule has 0 spiro atoms. The lowest BCUT2D eigenvalue weighted by Crippen LogP contribution is -2.46. The van der Waals surface area contributed by atoms with Crippen LogP contribution in [0.3, 0.4) is 0 Å². The number of nitrogens with zero attached hydrogens (tertiary/aromatic N) is 5. The molecule has 0 unspecified atom stereocenters. The first-order chi connectivity index (χ1) is 10.4. The van der Waals surface area contributed by atoms with Gasteiger partial charge in [0.15, 0.2) is 0 Å². The van der Waals surface area contributed by atoms with Crippen LogP contribution < -0.4 is 4.90 Å². The third kappa shape index (κ3) is 2.90. The third-order valence-electron chi connectivity index (χ3n) is 4.11. The second-order valence-electron chi connectivity index (χ2n) is 5.76. The molecule has 2 aromatic rings. The van der Waals surface area contributed by atoms with E-state index in [0.29, 0.717) is 5.92 Å². The van der Waals surface area contributed by atoms with Gasteiger partial charge in [0.1, 0.15) is 5.82 Å². The first-order valence-electron chi connectivity index (χ1n) is 7.59. The molecule has 1 saturated carbocycles. The summed E-state index contributed by atoms with van der Waals surface area (Å²) in [5.41, 5.74) is 0. The minimum atomic E-state index is 0.534. The number of hydrogen-bond acceptors (Lipinski definition) is 6. The predicted molar refractivity (Wildman–Crippen MR) is 78.0 cm³/mol. The normalized spacial score (nSPS) is 19.9. The van der Waals surface area contributed by atoms with Gasteiger partial charge in [-0.05, 0) is 25.0 Å². The molecule has 2 aliphatic rings. The van der Waals surface area contributed by atoms with Gasteiger partial charge < -0.3 is 9.32 Å². The van der Waals surface area contributed by atoms with Crippen molar-refractivity contribution in [3.63, 3.8) is 0 Å². The lowest BCUT2D eigenvalue weighted by molar-refractivity contribution is 0.223. The Kier molecular flexibility index (Phi) is 3.31. The molecule has 0 N–H and O–H groups in total. The molecule has 1 saturated heterocycles. The van der Waals surface area contributed by atoms with Crippen LogP contribution in [0.4, 0.5) is 5.82 Å². The van der Waals surface area contributed by atoms with Gasteiger partial charge in [-0.1, -0.05) is 6.07 Å². The van der Waals surface area contributed by atoms with Gasteiger partial charge in [-0.3, -0.25) is 4.90 Å². The van der Waals surface area contributed by atoms with Crippen molar-refractivity contribution in [2.45, 2.75) is 25.3 Å². The Bertz CT molecular complexity index is 587. The van der Waals surface area contributed by atoms with Crippen molar-refractivity contribution in [2.75, 3.05) is 31.1 Å². The average Bonchev–Trinajstić information content (AvgIpc) is 3.29. The quantitative estimate of drug-likeness (QED) is 0.851. The summed E-state index contributed by atoms with van der Waals surface area (Å²) in [5.74, 6) is 3.18. The van der Waals surface area contributed by atoms with E-state index >= 15 is 0 Å². The van der Waals surface area contributed by atoms with Gasteiger partial charge in [0, 0.05) is 38.3 Å². The topological polar surface area (TPSA) is 58.3 Å². The van der Waals surface area contributed by atoms with E-state index < -0.39 is 0 Å². The van der Waals surface area contributed by atoms with Crippen molar-refractivity contribution in [3.8, 4) is 0 Å². The number of anilines is 1. The minimum absolute atomic E-state index is 0.534. The molecule has 2 aromatic heterocycles. The molecule has 6 nitrogen and oxygen atoms in total. The van der Waals surface area contributed by atoms with E-state index in [-0.39, 0.29) is 0 Å². The molecule has 1 aliphatic heterocycles. The summed E-state index contributed by atoms with van der Waals surface area (Å²) in [6.07, 6.45) is 4.24. The molecule has 0 bridgehead atoms. The van der Waals surface area contributed by atoms with E-state index in [0.717, 1.165) is 50.3 Å². The molecule has 1 aliphatic carbocycles. The van der Waals surface area contributed by atoms with E-state index in [1.807, 2.05) is 18.3 Å². The van der Waals surface area contributed by atoms with E-state index in [4.69, 9.17) is 4.42 Å². The van der Waals surface area contributed by atoms with E-state index in [9.17, 15) is 0 Å². The summed E-state index contributed by atoms with van der Waals surface area (Å²) < 4.78 is 5.73. The zero-order valence-corrected chi connectivity index (χ0v) is 12.0. The standard InChI is InChI=1S/C15H19N5O/c1-2-6-16-13(3-1)20-9-7-19(8-10-20)11-14-17-18-15(21-14)12-4-5-12/h1-3,6,12H,4-5,7-11H2. The Balaban J connectivity index is 1.32. The molecule has 0 aromatic carbocycles. The number of hydrogen-bond donors (Lipinski definition) is 0. The van der Waals surface area contributed by atoms with Gasteiger partial charge in [-0.25, -0.2) is 4.98 Å². The molecule has 0 atom stereocenters. The molecule has 2 fully saturated rings. The molecule has 6 heteroatoms. The number of piperazine rings is 1. The highest BCUT2D eigenvalue weighted by molar-refractivity contribution is 5.38. The fourth-order valence-corrected chi connectivity index (χ4v) is 2.69. The maximum absolute atomic E-state index is 5.73. The summed E-state index contributed by atoms with van der Waals surface area (Å²) in [6, 6.07) is 6.05. The van der Waals surface area contributed by atoms with E-state index in [1.54, 1.807) is 0 Å². The maximum atomic E-state index is 5.73. The van der Waals surface area contributed by atoms with Crippen LogP contribution in [-0.4, -0.2) is 46.3 Å². The smallest absolute Gasteiger partial charge is 0.230 e. The van der Waals surface area contributed by atoms with Crippen LogP contribution in [0.1, 0.15) is 30.5 Å². The van der Waals surface area contributed by atoms with Crippen LogP contribution in [-0.2, 0) is 6.54 Å². The monoisotopic (exact) mass is 285 g/mol. The van der Waals surface area contributed by atoms with Crippen molar-refractivity contribution in [1.82, 2.24) is 20.1 Å². The Hall–Kier alpha value is -1.95. The van der Waals surface area contributed by atoms with Gasteiger partial charge >= 0.3 is 0 Å². The number of pyridine rings is 1. The van der Waals surface area contributed by atoms with E-state index in [1.165, 1.54) is 12.8 Å². The molecule has 110 valence electrons. The number of rotatable bonds is 4. The number of aromatic nitrogens is 3. The molecule has 21 heavy (non-hydrogen) atoms. The molecule has 0 radical (unpaired) electrons. The predicted octanol–water partition coefficient (Wildman–Crippen LogP) is 1.66. The maximum Gasteiger partial charge on any atom is 0.230 e. The van der Waals surface area contributed by atoms with Gasteiger partial charge in [0.2, 0.25) is 11.8 Å². The highest BCUT2D eigenvalue weighted by atomic mass is 16.4. The summed E-state index contributed by atoms with van der Waals surface area (Å²) in [6.45, 7) is 4.73. The van der Waals surface area contributed by atoms with Crippen molar-refractivity contribution < 1.29 is 4.42 Å². The first-order valence-corrected chi connectivity index (χ1v) is 7.59. The summed E-state index contributed by atoms with van der Waals surface area (Å²) >= 11 is 0. The Morgan fingerprint density at radius 2 is 1.95 bits per heavy atom. The van der Waals surface area contributed by atoms with Crippen molar-refractivity contribution in [1.29, 1.82) is 0 Å². The van der Waals surface area contributed by atoms with Gasteiger partial charge in [-0.2, -0.15) is 0 Å². The fraction of sp³-hybridized carbons (Fsp3) is 0.533. The van der Waals surface area contributed by atoms with Crippen LogP contribution in [0.5, 0.6) is 0 Å². The lowest BCUT2D eigenvalue weighted by atomic mass is 10.3. The largest absolute Gasteiger partial charge is 0.424 e. The highest BCUT2D eigenvalue weighted by Gasteiger charge is 2.29. The lowest BCUT2D eigenvalue weighted by Gasteiger charge is -2.34. The third-order valence-corrected chi connectivity index (χ3v) is 4.11. The second-order valence-corrected chi connectivity index (χ2v) is 5.76. The molecular weight excluding hydrogens is 266 g/mol. The van der Waals surface area contributed by atoms with Gasteiger partial charge in [-0.15, -0.1) is 10.2 Å². The van der Waals surface area contributed by atoms with Crippen LogP contribution in [0, 0.1) is 0 Å². The molecule has 0 amide bonds. The van der Waals surface area contributed by atoms with Crippen molar-refractivity contribution in [2.24, 2.45) is 0 Å². The second kappa shape index (κ2) is 5.44. The summed E-state index contributed by atoms with van der Waals surface area (Å²) in [7, 11) is 0. The Labute approximate surface area is 123 Å². The van der Waals surface area contributed by atoms with Crippen molar-refractivity contribution in [3.05, 3.63) is 36.2 Å². The summed E-state index contributed by atoms with van der Waals surface area (Å²) in [5, 5.41) is 8.31. The molecule has 3 heterocycles. The Morgan fingerprint density at radius 1 is 1.10 bits per heavy atom. The molecule has 4 rings (SSSR count). The zero-order valence-electron chi connectivity index (χ0n) is 12.0. The zero-order chi connectivity index (χ0) is 14.1.